The standard InChI is InChI=1S/C13H19NO6/c1-2-19-13(18)8-4-3-5-14(6-8)12-11(17)10(16)9(7-15)20-12/h3,5-6,9-12,15-17H,2,4,7H2,1H3/t9-,10+,11+,12-/m1/s1. The van der Waals surface area contributed by atoms with Crippen LogP contribution in [0.2, 0.25) is 0 Å². The zero-order valence-corrected chi connectivity index (χ0v) is 11.2. The first kappa shape index (κ1) is 15.0. The van der Waals surface area contributed by atoms with Crippen molar-refractivity contribution in [2.45, 2.75) is 37.9 Å². The Morgan fingerprint density at radius 2 is 2.25 bits per heavy atom. The molecule has 3 N–H and O–H groups in total. The number of nitrogens with zero attached hydrogens (tertiary/aromatic N) is 1. The van der Waals surface area contributed by atoms with E-state index in [1.807, 2.05) is 0 Å². The van der Waals surface area contributed by atoms with Gasteiger partial charge in [0.1, 0.15) is 18.3 Å². The number of aliphatic hydroxyl groups excluding tert-OH is 3. The fourth-order valence-electron chi connectivity index (χ4n) is 2.22. The highest BCUT2D eigenvalue weighted by Gasteiger charge is 2.44. The Labute approximate surface area is 116 Å². The second-order valence-electron chi connectivity index (χ2n) is 4.64. The van der Waals surface area contributed by atoms with Crippen molar-refractivity contribution < 1.29 is 29.6 Å². The van der Waals surface area contributed by atoms with Crippen molar-refractivity contribution in [1.82, 2.24) is 4.90 Å². The summed E-state index contributed by atoms with van der Waals surface area (Å²) in [6.45, 7) is 1.62. The van der Waals surface area contributed by atoms with Gasteiger partial charge in [0.2, 0.25) is 0 Å². The lowest BCUT2D eigenvalue weighted by molar-refractivity contribution is -0.138. The van der Waals surface area contributed by atoms with E-state index >= 15 is 0 Å². The maximum atomic E-state index is 11.7. The van der Waals surface area contributed by atoms with Crippen molar-refractivity contribution in [3.8, 4) is 0 Å². The molecule has 0 amide bonds. The predicted octanol–water partition coefficient (Wildman–Crippen LogP) is -0.908. The molecule has 7 nitrogen and oxygen atoms in total. The number of hydrogen-bond donors (Lipinski definition) is 3. The number of rotatable bonds is 4. The lowest BCUT2D eigenvalue weighted by Gasteiger charge is -2.28. The third kappa shape index (κ3) is 2.85. The zero-order valence-electron chi connectivity index (χ0n) is 11.2. The zero-order chi connectivity index (χ0) is 14.7. The normalized spacial score (nSPS) is 33.2. The maximum Gasteiger partial charge on any atom is 0.335 e. The second kappa shape index (κ2) is 6.36. The van der Waals surface area contributed by atoms with Crippen LogP contribution < -0.4 is 0 Å². The first-order valence-corrected chi connectivity index (χ1v) is 6.52. The summed E-state index contributed by atoms with van der Waals surface area (Å²) in [4.78, 5) is 13.2. The number of hydrogen-bond acceptors (Lipinski definition) is 7. The van der Waals surface area contributed by atoms with E-state index in [-0.39, 0.29) is 13.2 Å². The molecule has 0 spiro atoms. The van der Waals surface area contributed by atoms with Crippen LogP contribution in [0.3, 0.4) is 0 Å². The third-order valence-corrected chi connectivity index (χ3v) is 3.27. The smallest absolute Gasteiger partial charge is 0.335 e. The van der Waals surface area contributed by atoms with Gasteiger partial charge in [-0.2, -0.15) is 0 Å². The minimum Gasteiger partial charge on any atom is -0.463 e. The Kier molecular flexibility index (Phi) is 4.77. The van der Waals surface area contributed by atoms with E-state index in [4.69, 9.17) is 14.6 Å². The number of ether oxygens (including phenoxy) is 2. The fourth-order valence-corrected chi connectivity index (χ4v) is 2.22. The first-order valence-electron chi connectivity index (χ1n) is 6.52. The van der Waals surface area contributed by atoms with E-state index in [0.29, 0.717) is 12.0 Å². The largest absolute Gasteiger partial charge is 0.463 e. The fraction of sp³-hybridized carbons (Fsp3) is 0.615. The molecule has 112 valence electrons. The summed E-state index contributed by atoms with van der Waals surface area (Å²) in [5, 5.41) is 28.7. The van der Waals surface area contributed by atoms with Gasteiger partial charge in [0, 0.05) is 18.8 Å². The van der Waals surface area contributed by atoms with Crippen LogP contribution in [-0.4, -0.2) is 63.9 Å². The van der Waals surface area contributed by atoms with Gasteiger partial charge in [-0.05, 0) is 6.92 Å². The predicted molar refractivity (Wildman–Crippen MR) is 68.1 cm³/mol. The molecular formula is C13H19NO6. The van der Waals surface area contributed by atoms with Crippen molar-refractivity contribution in [1.29, 1.82) is 0 Å². The van der Waals surface area contributed by atoms with E-state index in [1.54, 1.807) is 19.2 Å². The number of esters is 1. The Bertz CT molecular complexity index is 421. The molecule has 0 aliphatic carbocycles. The highest BCUT2D eigenvalue weighted by atomic mass is 16.6. The summed E-state index contributed by atoms with van der Waals surface area (Å²) in [5.41, 5.74) is 0.437. The second-order valence-corrected chi connectivity index (χ2v) is 4.64. The van der Waals surface area contributed by atoms with Gasteiger partial charge in [0.05, 0.1) is 18.8 Å². The molecule has 0 aromatic carbocycles. The monoisotopic (exact) mass is 285 g/mol. The molecule has 20 heavy (non-hydrogen) atoms. The van der Waals surface area contributed by atoms with Gasteiger partial charge in [-0.25, -0.2) is 4.79 Å². The molecule has 0 unspecified atom stereocenters. The van der Waals surface area contributed by atoms with E-state index in [0.717, 1.165) is 0 Å². The molecule has 0 radical (unpaired) electrons. The van der Waals surface area contributed by atoms with Crippen LogP contribution in [0.1, 0.15) is 13.3 Å². The molecular weight excluding hydrogens is 266 g/mol. The van der Waals surface area contributed by atoms with E-state index in [2.05, 4.69) is 0 Å². The molecule has 0 saturated carbocycles. The number of aliphatic hydroxyl groups is 3. The molecule has 4 atom stereocenters. The Balaban J connectivity index is 2.10. The molecule has 0 aromatic rings. The van der Waals surface area contributed by atoms with Gasteiger partial charge in [0.15, 0.2) is 6.23 Å². The van der Waals surface area contributed by atoms with Gasteiger partial charge in [-0.1, -0.05) is 6.08 Å². The number of allylic oxidation sites excluding steroid dienone is 1. The lowest BCUT2D eigenvalue weighted by Crippen LogP contribution is -2.40. The highest BCUT2D eigenvalue weighted by molar-refractivity contribution is 5.88. The molecule has 2 aliphatic heterocycles. The molecule has 1 saturated heterocycles. The summed E-state index contributed by atoms with van der Waals surface area (Å²) in [5.74, 6) is -0.423. The Morgan fingerprint density at radius 3 is 2.85 bits per heavy atom. The SMILES string of the molecule is CCOC(=O)C1=CN([C@@H]2O[C@H](CO)[C@H](O)[C@@H]2O)C=CC1. The average Bonchev–Trinajstić information content (AvgIpc) is 2.75. The van der Waals surface area contributed by atoms with Crippen molar-refractivity contribution in [2.75, 3.05) is 13.2 Å². The summed E-state index contributed by atoms with van der Waals surface area (Å²) < 4.78 is 10.3. The topological polar surface area (TPSA) is 99.5 Å². The van der Waals surface area contributed by atoms with Crippen molar-refractivity contribution in [3.63, 3.8) is 0 Å². The minimum atomic E-state index is -1.17. The van der Waals surface area contributed by atoms with Crippen molar-refractivity contribution in [3.05, 3.63) is 24.0 Å². The van der Waals surface area contributed by atoms with Crippen LogP contribution in [-0.2, 0) is 14.3 Å². The summed E-state index contributed by atoms with van der Waals surface area (Å²) in [7, 11) is 0. The lowest BCUT2D eigenvalue weighted by atomic mass is 10.1. The molecule has 2 rings (SSSR count). The third-order valence-electron chi connectivity index (χ3n) is 3.27. The van der Waals surface area contributed by atoms with Gasteiger partial charge in [-0.3, -0.25) is 0 Å². The van der Waals surface area contributed by atoms with Gasteiger partial charge in [-0.15, -0.1) is 0 Å². The number of carbonyl (C=O) groups is 1. The van der Waals surface area contributed by atoms with Gasteiger partial charge in [0.25, 0.3) is 0 Å². The average molecular weight is 285 g/mol. The molecule has 2 heterocycles. The van der Waals surface area contributed by atoms with Gasteiger partial charge >= 0.3 is 5.97 Å². The van der Waals surface area contributed by atoms with Crippen LogP contribution in [0.25, 0.3) is 0 Å². The van der Waals surface area contributed by atoms with Gasteiger partial charge < -0.3 is 29.7 Å². The van der Waals surface area contributed by atoms with Crippen LogP contribution in [0.4, 0.5) is 0 Å². The van der Waals surface area contributed by atoms with E-state index in [1.165, 1.54) is 11.1 Å². The number of carbonyl (C=O) groups excluding carboxylic acids is 1. The first-order chi connectivity index (χ1) is 9.58. The summed E-state index contributed by atoms with van der Waals surface area (Å²) in [6.07, 6.45) is 1.33. The minimum absolute atomic E-state index is 0.285. The van der Waals surface area contributed by atoms with Crippen LogP contribution in [0, 0.1) is 0 Å². The molecule has 0 aromatic heterocycles. The Morgan fingerprint density at radius 1 is 1.50 bits per heavy atom. The van der Waals surface area contributed by atoms with Crippen LogP contribution in [0.5, 0.6) is 0 Å². The molecule has 0 bridgehead atoms. The van der Waals surface area contributed by atoms with Crippen LogP contribution >= 0.6 is 0 Å². The molecule has 1 fully saturated rings. The van der Waals surface area contributed by atoms with Crippen molar-refractivity contribution >= 4 is 5.97 Å². The quantitative estimate of drug-likeness (QED) is 0.575. The van der Waals surface area contributed by atoms with E-state index in [9.17, 15) is 15.0 Å². The highest BCUT2D eigenvalue weighted by Crippen LogP contribution is 2.27. The maximum absolute atomic E-state index is 11.7. The molecule has 2 aliphatic rings. The van der Waals surface area contributed by atoms with Crippen molar-refractivity contribution in [2.24, 2.45) is 0 Å². The Hall–Kier alpha value is -1.41. The summed E-state index contributed by atoms with van der Waals surface area (Å²) >= 11 is 0. The van der Waals surface area contributed by atoms with E-state index < -0.39 is 30.5 Å². The molecule has 7 heteroatoms. The summed E-state index contributed by atoms with van der Waals surface area (Å²) in [6, 6.07) is 0. The van der Waals surface area contributed by atoms with Crippen LogP contribution in [0.15, 0.2) is 24.0 Å².